The van der Waals surface area contributed by atoms with E-state index in [2.05, 4.69) is 20.4 Å². The third kappa shape index (κ3) is 6.78. The second kappa shape index (κ2) is 9.58. The molecule has 0 saturated heterocycles. The predicted molar refractivity (Wildman–Crippen MR) is 94.0 cm³/mol. The maximum absolute atomic E-state index is 12.3. The molecule has 0 aliphatic heterocycles. The molecule has 28 heavy (non-hydrogen) atoms. The van der Waals surface area contributed by atoms with E-state index in [0.717, 1.165) is 0 Å². The van der Waals surface area contributed by atoms with Crippen molar-refractivity contribution in [1.29, 1.82) is 0 Å². The van der Waals surface area contributed by atoms with Crippen LogP contribution >= 0.6 is 0 Å². The highest BCUT2D eigenvalue weighted by Crippen LogP contribution is 2.20. The van der Waals surface area contributed by atoms with E-state index in [1.54, 1.807) is 19.1 Å². The van der Waals surface area contributed by atoms with Crippen molar-refractivity contribution in [2.45, 2.75) is 19.6 Å². The largest absolute Gasteiger partial charge is 0.468 e. The molecule has 2 N–H and O–H groups in total. The Hall–Kier alpha value is -3.30. The smallest absolute Gasteiger partial charge is 0.422 e. The Bertz CT molecular complexity index is 828. The molecule has 150 valence electrons. The zero-order valence-electron chi connectivity index (χ0n) is 14.9. The summed E-state index contributed by atoms with van der Waals surface area (Å²) in [4.78, 5) is 27.5. The van der Waals surface area contributed by atoms with Crippen molar-refractivity contribution < 1.29 is 32.2 Å². The Morgan fingerprint density at radius 2 is 1.96 bits per heavy atom. The van der Waals surface area contributed by atoms with Crippen molar-refractivity contribution in [3.8, 4) is 5.88 Å². The van der Waals surface area contributed by atoms with Crippen molar-refractivity contribution in [1.82, 2.24) is 10.3 Å². The first-order chi connectivity index (χ1) is 13.3. The Labute approximate surface area is 158 Å². The summed E-state index contributed by atoms with van der Waals surface area (Å²) in [5, 5.41) is 5.05. The lowest BCUT2D eigenvalue weighted by atomic mass is 10.2. The molecule has 0 aliphatic rings. The lowest BCUT2D eigenvalue weighted by Crippen LogP contribution is -2.24. The first-order valence-corrected chi connectivity index (χ1v) is 8.24. The van der Waals surface area contributed by atoms with Crippen LogP contribution in [0, 0.1) is 0 Å². The molecule has 0 unspecified atom stereocenters. The van der Waals surface area contributed by atoms with Crippen LogP contribution in [0.2, 0.25) is 0 Å². The van der Waals surface area contributed by atoms with E-state index in [4.69, 9.17) is 4.74 Å². The van der Waals surface area contributed by atoms with E-state index >= 15 is 0 Å². The Balaban J connectivity index is 2.00. The van der Waals surface area contributed by atoms with E-state index in [-0.39, 0.29) is 24.6 Å². The fraction of sp³-hybridized carbons (Fsp3) is 0.278. The minimum atomic E-state index is -4.50. The number of carbonyl (C=O) groups is 2. The zero-order chi connectivity index (χ0) is 20.6. The van der Waals surface area contributed by atoms with Crippen LogP contribution in [0.4, 0.5) is 23.7 Å². The molecule has 2 rings (SSSR count). The molecule has 7 nitrogen and oxygen atoms in total. The predicted octanol–water partition coefficient (Wildman–Crippen LogP) is 3.52. The quantitative estimate of drug-likeness (QED) is 0.746. The van der Waals surface area contributed by atoms with Crippen molar-refractivity contribution >= 4 is 17.7 Å². The lowest BCUT2D eigenvalue weighted by Gasteiger charge is -2.13. The van der Waals surface area contributed by atoms with Crippen LogP contribution in [0.3, 0.4) is 0 Å². The van der Waals surface area contributed by atoms with Crippen LogP contribution in [0.15, 0.2) is 42.6 Å². The first kappa shape index (κ1) is 21.0. The summed E-state index contributed by atoms with van der Waals surface area (Å²) in [5.74, 6) is -0.698. The Kier molecular flexibility index (Phi) is 7.19. The number of rotatable bonds is 7. The second-order valence-corrected chi connectivity index (χ2v) is 5.48. The number of carbonyl (C=O) groups excluding carboxylic acids is 2. The molecule has 0 atom stereocenters. The number of halogens is 3. The summed E-state index contributed by atoms with van der Waals surface area (Å²) in [5.41, 5.74) is 0.901. The fourth-order valence-corrected chi connectivity index (χ4v) is 2.14. The van der Waals surface area contributed by atoms with Gasteiger partial charge in [0.1, 0.15) is 0 Å². The molecule has 2 amide bonds. The van der Waals surface area contributed by atoms with E-state index < -0.39 is 24.8 Å². The van der Waals surface area contributed by atoms with Gasteiger partial charge in [-0.25, -0.2) is 9.78 Å². The van der Waals surface area contributed by atoms with Gasteiger partial charge >= 0.3 is 12.3 Å². The molecule has 0 saturated carbocycles. The third-order valence-electron chi connectivity index (χ3n) is 3.31. The first-order valence-electron chi connectivity index (χ1n) is 8.24. The zero-order valence-corrected chi connectivity index (χ0v) is 14.9. The van der Waals surface area contributed by atoms with Gasteiger partial charge in [0.2, 0.25) is 5.88 Å². The minimum absolute atomic E-state index is 0.0879. The molecule has 2 aromatic rings. The van der Waals surface area contributed by atoms with Crippen molar-refractivity contribution in [2.24, 2.45) is 0 Å². The molecule has 0 aliphatic carbocycles. The lowest BCUT2D eigenvalue weighted by molar-refractivity contribution is -0.154. The average molecular weight is 397 g/mol. The number of ether oxygens (including phenoxy) is 2. The van der Waals surface area contributed by atoms with E-state index in [9.17, 15) is 22.8 Å². The highest BCUT2D eigenvalue weighted by molar-refractivity contribution is 5.96. The minimum Gasteiger partial charge on any atom is -0.468 e. The summed E-state index contributed by atoms with van der Waals surface area (Å²) >= 11 is 0. The van der Waals surface area contributed by atoms with Gasteiger partial charge < -0.3 is 14.8 Å². The maximum Gasteiger partial charge on any atom is 0.422 e. The number of anilines is 1. The van der Waals surface area contributed by atoms with Crippen LogP contribution in [-0.2, 0) is 11.3 Å². The molecule has 1 aromatic carbocycles. The molecule has 0 bridgehead atoms. The summed E-state index contributed by atoms with van der Waals surface area (Å²) in [6, 6.07) is 9.13. The molecule has 0 fully saturated rings. The van der Waals surface area contributed by atoms with Gasteiger partial charge in [0.25, 0.3) is 5.91 Å². The van der Waals surface area contributed by atoms with Gasteiger partial charge in [-0.2, -0.15) is 13.2 Å². The summed E-state index contributed by atoms with van der Waals surface area (Å²) in [6.45, 7) is 0.298. The van der Waals surface area contributed by atoms with Gasteiger partial charge in [-0.15, -0.1) is 0 Å². The van der Waals surface area contributed by atoms with Gasteiger partial charge in [0, 0.05) is 29.6 Å². The second-order valence-electron chi connectivity index (χ2n) is 5.48. The molecule has 1 aromatic heterocycles. The number of amides is 2. The van der Waals surface area contributed by atoms with Crippen molar-refractivity contribution in [3.05, 3.63) is 53.7 Å². The van der Waals surface area contributed by atoms with Crippen LogP contribution in [0.25, 0.3) is 0 Å². The van der Waals surface area contributed by atoms with Gasteiger partial charge in [0.05, 0.1) is 6.61 Å². The van der Waals surface area contributed by atoms with Crippen LogP contribution in [-0.4, -0.2) is 36.4 Å². The number of nitrogens with one attached hydrogen (secondary N) is 2. The van der Waals surface area contributed by atoms with Gasteiger partial charge in [0.15, 0.2) is 6.61 Å². The van der Waals surface area contributed by atoms with Crippen LogP contribution in [0.5, 0.6) is 5.88 Å². The number of hydrogen-bond acceptors (Lipinski definition) is 5. The van der Waals surface area contributed by atoms with Crippen LogP contribution in [0.1, 0.15) is 22.8 Å². The maximum atomic E-state index is 12.3. The summed E-state index contributed by atoms with van der Waals surface area (Å²) in [7, 11) is 0. The number of pyridine rings is 1. The molecule has 10 heteroatoms. The van der Waals surface area contributed by atoms with Gasteiger partial charge in [-0.3, -0.25) is 10.1 Å². The highest BCUT2D eigenvalue weighted by atomic mass is 19.4. The van der Waals surface area contributed by atoms with Crippen molar-refractivity contribution in [2.75, 3.05) is 18.5 Å². The molecular weight excluding hydrogens is 379 g/mol. The van der Waals surface area contributed by atoms with E-state index in [0.29, 0.717) is 11.3 Å². The van der Waals surface area contributed by atoms with Crippen LogP contribution < -0.4 is 15.4 Å². The number of alkyl halides is 3. The van der Waals surface area contributed by atoms with Gasteiger partial charge in [-0.05, 0) is 31.2 Å². The van der Waals surface area contributed by atoms with Gasteiger partial charge in [-0.1, -0.05) is 12.1 Å². The molecule has 0 radical (unpaired) electrons. The SMILES string of the molecule is CCOC(=O)Nc1cccc(C(=O)NCc2cccnc2OCC(F)(F)F)c1. The Morgan fingerprint density at radius 1 is 1.18 bits per heavy atom. The molecular formula is C18H18F3N3O4. The average Bonchev–Trinajstić information content (AvgIpc) is 2.65. The summed E-state index contributed by atoms with van der Waals surface area (Å²) in [6.07, 6.45) is -3.85. The topological polar surface area (TPSA) is 89.5 Å². The number of aromatic nitrogens is 1. The highest BCUT2D eigenvalue weighted by Gasteiger charge is 2.29. The third-order valence-corrected chi connectivity index (χ3v) is 3.31. The standard InChI is InChI=1S/C18H18F3N3O4/c1-2-27-17(26)24-14-7-3-5-12(9-14)15(25)23-10-13-6-4-8-22-16(13)28-11-18(19,20)21/h3-9H,2,10-11H2,1H3,(H,23,25)(H,24,26). The normalized spacial score (nSPS) is 10.9. The fourth-order valence-electron chi connectivity index (χ4n) is 2.14. The number of hydrogen-bond donors (Lipinski definition) is 2. The van der Waals surface area contributed by atoms with E-state index in [1.165, 1.54) is 30.5 Å². The number of nitrogens with zero attached hydrogens (tertiary/aromatic N) is 1. The van der Waals surface area contributed by atoms with Crippen molar-refractivity contribution in [3.63, 3.8) is 0 Å². The monoisotopic (exact) mass is 397 g/mol. The molecule has 1 heterocycles. The molecule has 0 spiro atoms. The van der Waals surface area contributed by atoms with E-state index in [1.807, 2.05) is 0 Å². The number of benzene rings is 1. The summed E-state index contributed by atoms with van der Waals surface area (Å²) < 4.78 is 46.4. The Morgan fingerprint density at radius 3 is 2.68 bits per heavy atom.